The van der Waals surface area contributed by atoms with Crippen molar-refractivity contribution in [1.29, 1.82) is 0 Å². The largest absolute Gasteiger partial charge is 0.508 e. The van der Waals surface area contributed by atoms with Gasteiger partial charge in [0.15, 0.2) is 0 Å². The lowest BCUT2D eigenvalue weighted by atomic mass is 10.1. The monoisotopic (exact) mass is 256 g/mol. The molecule has 0 unspecified atom stereocenters. The molecule has 4 nitrogen and oxygen atoms in total. The summed E-state index contributed by atoms with van der Waals surface area (Å²) in [5, 5.41) is 11.9. The van der Waals surface area contributed by atoms with Gasteiger partial charge in [-0.3, -0.25) is 4.79 Å². The van der Waals surface area contributed by atoms with Crippen LogP contribution in [0.15, 0.2) is 54.6 Å². The number of nitrogens with two attached hydrogens (primary N) is 1. The Labute approximate surface area is 111 Å². The number of para-hydroxylation sites is 1. The molecule has 2 rings (SSSR count). The Balaban J connectivity index is 1.94. The Bertz CT molecular complexity index is 538. The lowest BCUT2D eigenvalue weighted by molar-refractivity contribution is -0.117. The van der Waals surface area contributed by atoms with Crippen molar-refractivity contribution in [3.8, 4) is 5.75 Å². The molecule has 19 heavy (non-hydrogen) atoms. The van der Waals surface area contributed by atoms with E-state index in [9.17, 15) is 9.90 Å². The highest BCUT2D eigenvalue weighted by Crippen LogP contribution is 2.12. The van der Waals surface area contributed by atoms with Crippen LogP contribution in [0.25, 0.3) is 0 Å². The summed E-state index contributed by atoms with van der Waals surface area (Å²) in [4.78, 5) is 11.9. The molecule has 0 bridgehead atoms. The second-order valence-corrected chi connectivity index (χ2v) is 4.33. The summed E-state index contributed by atoms with van der Waals surface area (Å²) in [7, 11) is 0. The number of aromatic hydroxyl groups is 1. The zero-order chi connectivity index (χ0) is 13.7. The van der Waals surface area contributed by atoms with Crippen LogP contribution in [-0.2, 0) is 11.2 Å². The minimum absolute atomic E-state index is 0.200. The highest BCUT2D eigenvalue weighted by molar-refractivity contribution is 5.94. The molecule has 0 aliphatic rings. The molecule has 0 spiro atoms. The standard InChI is InChI=1S/C15H16N2O2/c16-14(10-11-6-8-13(18)9-7-11)15(19)17-12-4-2-1-3-5-12/h1-9,14,18H,10,16H2,(H,17,19)/t14-/m0/s1. The lowest BCUT2D eigenvalue weighted by Crippen LogP contribution is -2.37. The van der Waals surface area contributed by atoms with Gasteiger partial charge >= 0.3 is 0 Å². The molecular weight excluding hydrogens is 240 g/mol. The molecule has 98 valence electrons. The second kappa shape index (κ2) is 6.02. The number of phenolic OH excluding ortho intramolecular Hbond substituents is 1. The highest BCUT2D eigenvalue weighted by atomic mass is 16.3. The van der Waals surface area contributed by atoms with Crippen molar-refractivity contribution >= 4 is 11.6 Å². The maximum atomic E-state index is 11.9. The van der Waals surface area contributed by atoms with Gasteiger partial charge in [-0.1, -0.05) is 30.3 Å². The van der Waals surface area contributed by atoms with Crippen LogP contribution in [0.3, 0.4) is 0 Å². The molecule has 0 aliphatic carbocycles. The van der Waals surface area contributed by atoms with E-state index in [1.54, 1.807) is 24.3 Å². The summed E-state index contributed by atoms with van der Waals surface area (Å²) in [6, 6.07) is 15.2. The first-order chi connectivity index (χ1) is 9.15. The molecule has 2 aromatic rings. The summed E-state index contributed by atoms with van der Waals surface area (Å²) in [5.74, 6) is -0.0228. The molecule has 0 aliphatic heterocycles. The summed E-state index contributed by atoms with van der Waals surface area (Å²) < 4.78 is 0. The third-order valence-electron chi connectivity index (χ3n) is 2.77. The van der Waals surface area contributed by atoms with Crippen LogP contribution in [-0.4, -0.2) is 17.1 Å². The number of amides is 1. The number of nitrogens with one attached hydrogen (secondary N) is 1. The predicted molar refractivity (Wildman–Crippen MR) is 74.9 cm³/mol. The number of phenols is 1. The Morgan fingerprint density at radius 3 is 2.37 bits per heavy atom. The van der Waals surface area contributed by atoms with Crippen molar-refractivity contribution in [2.24, 2.45) is 5.73 Å². The minimum Gasteiger partial charge on any atom is -0.508 e. The summed E-state index contributed by atoms with van der Waals surface area (Å²) in [5.41, 5.74) is 7.50. The van der Waals surface area contributed by atoms with E-state index < -0.39 is 6.04 Å². The van der Waals surface area contributed by atoms with Crippen molar-refractivity contribution in [2.45, 2.75) is 12.5 Å². The van der Waals surface area contributed by atoms with Gasteiger partial charge in [0.25, 0.3) is 0 Å². The van der Waals surface area contributed by atoms with E-state index in [1.165, 1.54) is 0 Å². The van der Waals surface area contributed by atoms with Crippen LogP contribution in [0.2, 0.25) is 0 Å². The number of hydrogen-bond donors (Lipinski definition) is 3. The van der Waals surface area contributed by atoms with Gasteiger partial charge in [-0.05, 0) is 36.2 Å². The third kappa shape index (κ3) is 3.82. The fraction of sp³-hybridized carbons (Fsp3) is 0.133. The third-order valence-corrected chi connectivity index (χ3v) is 2.77. The Morgan fingerprint density at radius 2 is 1.74 bits per heavy atom. The highest BCUT2D eigenvalue weighted by Gasteiger charge is 2.14. The molecule has 4 N–H and O–H groups in total. The molecule has 0 fully saturated rings. The molecule has 0 radical (unpaired) electrons. The molecular formula is C15H16N2O2. The Morgan fingerprint density at radius 1 is 1.11 bits per heavy atom. The molecule has 1 amide bonds. The van der Waals surface area contributed by atoms with Crippen LogP contribution < -0.4 is 11.1 Å². The van der Waals surface area contributed by atoms with E-state index in [0.29, 0.717) is 6.42 Å². The normalized spacial score (nSPS) is 11.8. The van der Waals surface area contributed by atoms with Crippen molar-refractivity contribution in [1.82, 2.24) is 0 Å². The van der Waals surface area contributed by atoms with Crippen molar-refractivity contribution in [3.05, 3.63) is 60.2 Å². The lowest BCUT2D eigenvalue weighted by Gasteiger charge is -2.12. The molecule has 4 heteroatoms. The maximum Gasteiger partial charge on any atom is 0.241 e. The van der Waals surface area contributed by atoms with Gasteiger partial charge in [0.05, 0.1) is 6.04 Å². The van der Waals surface area contributed by atoms with Crippen LogP contribution in [0.5, 0.6) is 5.75 Å². The van der Waals surface area contributed by atoms with Gasteiger partial charge < -0.3 is 16.2 Å². The van der Waals surface area contributed by atoms with Gasteiger partial charge in [-0.15, -0.1) is 0 Å². The first-order valence-corrected chi connectivity index (χ1v) is 6.04. The van der Waals surface area contributed by atoms with Gasteiger partial charge in [-0.25, -0.2) is 0 Å². The van der Waals surface area contributed by atoms with Crippen molar-refractivity contribution in [2.75, 3.05) is 5.32 Å². The number of carbonyl (C=O) groups is 1. The summed E-state index contributed by atoms with van der Waals surface area (Å²) in [6.45, 7) is 0. The van der Waals surface area contributed by atoms with Crippen molar-refractivity contribution < 1.29 is 9.90 Å². The number of hydrogen-bond acceptors (Lipinski definition) is 3. The van der Waals surface area contributed by atoms with E-state index in [2.05, 4.69) is 5.32 Å². The maximum absolute atomic E-state index is 11.9. The molecule has 0 saturated heterocycles. The zero-order valence-electron chi connectivity index (χ0n) is 10.4. The Kier molecular flexibility index (Phi) is 4.15. The van der Waals surface area contributed by atoms with Gasteiger partial charge in [-0.2, -0.15) is 0 Å². The second-order valence-electron chi connectivity index (χ2n) is 4.33. The van der Waals surface area contributed by atoms with E-state index in [1.807, 2.05) is 30.3 Å². The SMILES string of the molecule is N[C@@H](Cc1ccc(O)cc1)C(=O)Nc1ccccc1. The number of benzene rings is 2. The topological polar surface area (TPSA) is 75.3 Å². The van der Waals surface area contributed by atoms with Gasteiger partial charge in [0.2, 0.25) is 5.91 Å². The van der Waals surface area contributed by atoms with Gasteiger partial charge in [0, 0.05) is 5.69 Å². The average Bonchev–Trinajstić information content (AvgIpc) is 2.42. The fourth-order valence-electron chi connectivity index (χ4n) is 1.74. The first kappa shape index (κ1) is 13.1. The summed E-state index contributed by atoms with van der Waals surface area (Å²) >= 11 is 0. The summed E-state index contributed by atoms with van der Waals surface area (Å²) in [6.07, 6.45) is 0.430. The molecule has 0 saturated carbocycles. The van der Waals surface area contributed by atoms with Crippen LogP contribution in [0.4, 0.5) is 5.69 Å². The molecule has 1 atom stereocenters. The zero-order valence-corrected chi connectivity index (χ0v) is 10.4. The van der Waals surface area contributed by atoms with Crippen LogP contribution >= 0.6 is 0 Å². The number of rotatable bonds is 4. The minimum atomic E-state index is -0.621. The van der Waals surface area contributed by atoms with Crippen LogP contribution in [0, 0.1) is 0 Å². The van der Waals surface area contributed by atoms with Gasteiger partial charge in [0.1, 0.15) is 5.75 Å². The molecule has 0 heterocycles. The van der Waals surface area contributed by atoms with E-state index in [0.717, 1.165) is 11.3 Å². The molecule has 2 aromatic carbocycles. The Hall–Kier alpha value is -2.33. The van der Waals surface area contributed by atoms with E-state index >= 15 is 0 Å². The predicted octanol–water partition coefficient (Wildman–Crippen LogP) is 1.90. The smallest absolute Gasteiger partial charge is 0.241 e. The van der Waals surface area contributed by atoms with E-state index in [4.69, 9.17) is 5.73 Å². The van der Waals surface area contributed by atoms with E-state index in [-0.39, 0.29) is 11.7 Å². The quantitative estimate of drug-likeness (QED) is 0.782. The van der Waals surface area contributed by atoms with Crippen molar-refractivity contribution in [3.63, 3.8) is 0 Å². The first-order valence-electron chi connectivity index (χ1n) is 6.04. The fourth-order valence-corrected chi connectivity index (χ4v) is 1.74. The number of carbonyl (C=O) groups excluding carboxylic acids is 1. The van der Waals surface area contributed by atoms with Crippen LogP contribution in [0.1, 0.15) is 5.56 Å². The molecule has 0 aromatic heterocycles. The number of anilines is 1. The average molecular weight is 256 g/mol.